The van der Waals surface area contributed by atoms with Crippen LogP contribution >= 0.6 is 0 Å². The van der Waals surface area contributed by atoms with Gasteiger partial charge < -0.3 is 10.7 Å². The van der Waals surface area contributed by atoms with Gasteiger partial charge in [0, 0.05) is 12.5 Å². The average molecular weight is 203 g/mol. The third-order valence-corrected chi connectivity index (χ3v) is 2.60. The van der Waals surface area contributed by atoms with Crippen LogP contribution in [0.15, 0.2) is 18.2 Å². The molecular formula is C12H17N3. The van der Waals surface area contributed by atoms with Crippen molar-refractivity contribution in [1.29, 1.82) is 0 Å². The minimum absolute atomic E-state index is 0.235. The van der Waals surface area contributed by atoms with Gasteiger partial charge in [-0.05, 0) is 31.9 Å². The zero-order chi connectivity index (χ0) is 10.8. The van der Waals surface area contributed by atoms with Gasteiger partial charge in [-0.25, -0.2) is 4.98 Å². The highest BCUT2D eigenvalue weighted by Crippen LogP contribution is 2.16. The fourth-order valence-corrected chi connectivity index (χ4v) is 1.71. The summed E-state index contributed by atoms with van der Waals surface area (Å²) in [5.74, 6) is 1.04. The average Bonchev–Trinajstić information content (AvgIpc) is 2.59. The Morgan fingerprint density at radius 3 is 2.93 bits per heavy atom. The van der Waals surface area contributed by atoms with Crippen LogP contribution in [0.1, 0.15) is 24.7 Å². The largest absolute Gasteiger partial charge is 0.342 e. The first-order chi connectivity index (χ1) is 7.16. The number of nitrogens with two attached hydrogens (primary N) is 1. The smallest absolute Gasteiger partial charge is 0.107 e. The van der Waals surface area contributed by atoms with E-state index in [9.17, 15) is 0 Å². The molecule has 3 nitrogen and oxygen atoms in total. The van der Waals surface area contributed by atoms with Gasteiger partial charge in [0.25, 0.3) is 0 Å². The van der Waals surface area contributed by atoms with Crippen molar-refractivity contribution in [3.63, 3.8) is 0 Å². The van der Waals surface area contributed by atoms with Crippen molar-refractivity contribution in [3.8, 4) is 0 Å². The second-order valence-corrected chi connectivity index (χ2v) is 4.17. The van der Waals surface area contributed by atoms with Gasteiger partial charge in [-0.15, -0.1) is 0 Å². The Hall–Kier alpha value is -1.35. The Kier molecular flexibility index (Phi) is 2.73. The van der Waals surface area contributed by atoms with Crippen LogP contribution in [0, 0.1) is 6.92 Å². The van der Waals surface area contributed by atoms with Crippen molar-refractivity contribution in [2.24, 2.45) is 5.73 Å². The first-order valence-corrected chi connectivity index (χ1v) is 5.36. The molecule has 1 unspecified atom stereocenters. The van der Waals surface area contributed by atoms with E-state index in [4.69, 9.17) is 5.73 Å². The first kappa shape index (κ1) is 10.2. The quantitative estimate of drug-likeness (QED) is 0.803. The van der Waals surface area contributed by atoms with Gasteiger partial charge in [-0.2, -0.15) is 0 Å². The summed E-state index contributed by atoms with van der Waals surface area (Å²) in [6.07, 6.45) is 1.89. The molecule has 0 aliphatic heterocycles. The molecule has 1 atom stereocenters. The van der Waals surface area contributed by atoms with Gasteiger partial charge in [-0.1, -0.05) is 12.1 Å². The summed E-state index contributed by atoms with van der Waals surface area (Å²) in [5, 5.41) is 0. The fourth-order valence-electron chi connectivity index (χ4n) is 1.71. The van der Waals surface area contributed by atoms with Gasteiger partial charge in [0.2, 0.25) is 0 Å². The molecular weight excluding hydrogens is 186 g/mol. The van der Waals surface area contributed by atoms with Crippen LogP contribution in [0.3, 0.4) is 0 Å². The van der Waals surface area contributed by atoms with Crippen molar-refractivity contribution in [1.82, 2.24) is 9.97 Å². The summed E-state index contributed by atoms with van der Waals surface area (Å²) < 4.78 is 0. The lowest BCUT2D eigenvalue weighted by molar-refractivity contribution is 0.652. The molecule has 0 saturated carbocycles. The minimum Gasteiger partial charge on any atom is -0.342 e. The van der Waals surface area contributed by atoms with Crippen molar-refractivity contribution in [2.45, 2.75) is 32.7 Å². The number of fused-ring (bicyclic) bond motifs is 1. The standard InChI is InChI=1S/C12H17N3/c1-8-4-3-5-10-12(8)15-11(14-10)7-6-9(2)13/h3-5,9H,6-7,13H2,1-2H3,(H,14,15). The zero-order valence-corrected chi connectivity index (χ0v) is 9.25. The number of aromatic amines is 1. The lowest BCUT2D eigenvalue weighted by Gasteiger charge is -2.00. The van der Waals surface area contributed by atoms with Crippen LogP contribution in [0.5, 0.6) is 0 Å². The zero-order valence-electron chi connectivity index (χ0n) is 9.25. The van der Waals surface area contributed by atoms with E-state index in [2.05, 4.69) is 29.0 Å². The Balaban J connectivity index is 2.27. The lowest BCUT2D eigenvalue weighted by Crippen LogP contribution is -2.15. The van der Waals surface area contributed by atoms with E-state index in [1.165, 1.54) is 5.56 Å². The third kappa shape index (κ3) is 2.18. The van der Waals surface area contributed by atoms with E-state index in [0.29, 0.717) is 0 Å². The molecule has 0 bridgehead atoms. The summed E-state index contributed by atoms with van der Waals surface area (Å²) in [6.45, 7) is 4.10. The van der Waals surface area contributed by atoms with Gasteiger partial charge >= 0.3 is 0 Å². The molecule has 1 aromatic heterocycles. The number of para-hydroxylation sites is 1. The monoisotopic (exact) mass is 203 g/mol. The highest BCUT2D eigenvalue weighted by Gasteiger charge is 2.05. The number of hydrogen-bond acceptors (Lipinski definition) is 2. The van der Waals surface area contributed by atoms with E-state index in [1.54, 1.807) is 0 Å². The molecule has 2 aromatic rings. The Labute approximate surface area is 89.7 Å². The van der Waals surface area contributed by atoms with E-state index >= 15 is 0 Å². The number of H-pyrrole nitrogens is 1. The van der Waals surface area contributed by atoms with Crippen LogP contribution in [-0.4, -0.2) is 16.0 Å². The maximum Gasteiger partial charge on any atom is 0.107 e. The molecule has 1 aromatic carbocycles. The van der Waals surface area contributed by atoms with E-state index in [0.717, 1.165) is 29.7 Å². The van der Waals surface area contributed by atoms with Crippen molar-refractivity contribution < 1.29 is 0 Å². The third-order valence-electron chi connectivity index (χ3n) is 2.60. The van der Waals surface area contributed by atoms with Gasteiger partial charge in [-0.3, -0.25) is 0 Å². The Morgan fingerprint density at radius 1 is 1.47 bits per heavy atom. The van der Waals surface area contributed by atoms with Crippen LogP contribution in [0.25, 0.3) is 11.0 Å². The maximum atomic E-state index is 5.72. The van der Waals surface area contributed by atoms with E-state index in [-0.39, 0.29) is 6.04 Å². The Morgan fingerprint density at radius 2 is 2.27 bits per heavy atom. The number of hydrogen-bond donors (Lipinski definition) is 2. The molecule has 0 radical (unpaired) electrons. The molecule has 0 aliphatic carbocycles. The maximum absolute atomic E-state index is 5.72. The second-order valence-electron chi connectivity index (χ2n) is 4.17. The first-order valence-electron chi connectivity index (χ1n) is 5.36. The predicted octanol–water partition coefficient (Wildman–Crippen LogP) is 2.15. The second kappa shape index (κ2) is 4.03. The highest BCUT2D eigenvalue weighted by atomic mass is 14.9. The van der Waals surface area contributed by atoms with Crippen LogP contribution < -0.4 is 5.73 Å². The predicted molar refractivity (Wildman–Crippen MR) is 62.8 cm³/mol. The number of benzene rings is 1. The number of rotatable bonds is 3. The van der Waals surface area contributed by atoms with Crippen LogP contribution in [-0.2, 0) is 6.42 Å². The molecule has 3 N–H and O–H groups in total. The van der Waals surface area contributed by atoms with E-state index in [1.807, 2.05) is 13.0 Å². The number of nitrogens with zero attached hydrogens (tertiary/aromatic N) is 1. The summed E-state index contributed by atoms with van der Waals surface area (Å²) in [6, 6.07) is 6.42. The number of aromatic nitrogens is 2. The van der Waals surface area contributed by atoms with Gasteiger partial charge in [0.05, 0.1) is 11.0 Å². The lowest BCUT2D eigenvalue weighted by atomic mass is 10.2. The molecule has 2 rings (SSSR count). The molecule has 15 heavy (non-hydrogen) atoms. The number of nitrogens with one attached hydrogen (secondary N) is 1. The van der Waals surface area contributed by atoms with Crippen molar-refractivity contribution in [3.05, 3.63) is 29.6 Å². The SMILES string of the molecule is Cc1cccc2[nH]c(CCC(C)N)nc12. The summed E-state index contributed by atoms with van der Waals surface area (Å²) in [4.78, 5) is 7.90. The summed E-state index contributed by atoms with van der Waals surface area (Å²) in [5.41, 5.74) is 9.14. The molecule has 0 spiro atoms. The minimum atomic E-state index is 0.235. The van der Waals surface area contributed by atoms with Crippen molar-refractivity contribution in [2.75, 3.05) is 0 Å². The molecule has 0 amide bonds. The fraction of sp³-hybridized carbons (Fsp3) is 0.417. The molecule has 0 saturated heterocycles. The van der Waals surface area contributed by atoms with Gasteiger partial charge in [0.1, 0.15) is 5.82 Å². The van der Waals surface area contributed by atoms with Crippen LogP contribution in [0.4, 0.5) is 0 Å². The molecule has 3 heteroatoms. The number of imidazole rings is 1. The molecule has 80 valence electrons. The molecule has 0 fully saturated rings. The molecule has 1 heterocycles. The summed E-state index contributed by atoms with van der Waals surface area (Å²) >= 11 is 0. The topological polar surface area (TPSA) is 54.7 Å². The molecule has 0 aliphatic rings. The van der Waals surface area contributed by atoms with Crippen molar-refractivity contribution >= 4 is 11.0 Å². The highest BCUT2D eigenvalue weighted by molar-refractivity contribution is 5.78. The normalized spacial score (nSPS) is 13.3. The Bertz CT molecular complexity index is 457. The number of aryl methyl sites for hydroxylation is 2. The summed E-state index contributed by atoms with van der Waals surface area (Å²) in [7, 11) is 0. The van der Waals surface area contributed by atoms with Crippen LogP contribution in [0.2, 0.25) is 0 Å². The van der Waals surface area contributed by atoms with E-state index < -0.39 is 0 Å². The van der Waals surface area contributed by atoms with Gasteiger partial charge in [0.15, 0.2) is 0 Å².